The standard InChI is InChI=1S/C40H72N12O13/c1-8-21(5)32(38(62)45-18-31(57)47-26(40(64)65)14-20(3)4)52-39(63)33(22(6)9-2)51-34(58)23(7)46-30(56)17-44-35(59)24(12-10-11-13-41)49-36(60)25(15-28(43)54)50-37(61)27(19-53)48-29(55)16-42/h20-27,32-33,53H,8-19,41-42H2,1-7H3,(H2,43,54)(H,44,59)(H,45,62)(H,46,56)(H,47,57)(H,48,55)(H,49,60)(H,50,61)(H,51,58)(H,52,63)(H,64,65)/t21-,22-,23-,24-,25-,26-,27-,32-,33-/m0/s1. The first-order chi connectivity index (χ1) is 30.5. The first-order valence-corrected chi connectivity index (χ1v) is 21.6. The second-order valence-corrected chi connectivity index (χ2v) is 16.1. The summed E-state index contributed by atoms with van der Waals surface area (Å²) in [6.07, 6.45) is 1.02. The number of nitrogens with one attached hydrogen (secondary N) is 9. The molecule has 0 aliphatic heterocycles. The van der Waals surface area contributed by atoms with Gasteiger partial charge >= 0.3 is 5.97 Å². The van der Waals surface area contributed by atoms with Crippen molar-refractivity contribution in [2.45, 2.75) is 136 Å². The maximum absolute atomic E-state index is 13.7. The molecule has 0 saturated heterocycles. The molecule has 0 spiro atoms. The van der Waals surface area contributed by atoms with Gasteiger partial charge in [-0.1, -0.05) is 54.4 Å². The molecule has 0 aliphatic rings. The predicted octanol–water partition coefficient (Wildman–Crippen LogP) is -5.19. The number of unbranched alkanes of at least 4 members (excludes halogenated alkanes) is 1. The summed E-state index contributed by atoms with van der Waals surface area (Å²) in [6, 6.07) is -9.28. The monoisotopic (exact) mass is 929 g/mol. The van der Waals surface area contributed by atoms with E-state index in [1.807, 2.05) is 0 Å². The second-order valence-electron chi connectivity index (χ2n) is 16.1. The summed E-state index contributed by atoms with van der Waals surface area (Å²) in [5, 5.41) is 40.6. The highest BCUT2D eigenvalue weighted by Gasteiger charge is 2.34. The van der Waals surface area contributed by atoms with Crippen LogP contribution in [0.15, 0.2) is 0 Å². The van der Waals surface area contributed by atoms with Crippen molar-refractivity contribution in [3.63, 3.8) is 0 Å². The molecule has 0 aromatic heterocycles. The van der Waals surface area contributed by atoms with Crippen molar-refractivity contribution in [2.75, 3.05) is 32.8 Å². The summed E-state index contributed by atoms with van der Waals surface area (Å²) in [6.45, 7) is 9.44. The molecular weight excluding hydrogens is 857 g/mol. The minimum atomic E-state index is -1.65. The largest absolute Gasteiger partial charge is 0.480 e. The average molecular weight is 929 g/mol. The Morgan fingerprint density at radius 1 is 0.538 bits per heavy atom. The van der Waals surface area contributed by atoms with Crippen molar-refractivity contribution in [1.29, 1.82) is 0 Å². The molecule has 0 unspecified atom stereocenters. The Morgan fingerprint density at radius 3 is 1.52 bits per heavy atom. The highest BCUT2D eigenvalue weighted by Crippen LogP contribution is 2.13. The number of aliphatic carboxylic acids is 1. The van der Waals surface area contributed by atoms with E-state index < -0.39 is 152 Å². The number of amides is 10. The van der Waals surface area contributed by atoms with Crippen molar-refractivity contribution >= 4 is 65.0 Å². The Kier molecular flexibility index (Phi) is 28.2. The van der Waals surface area contributed by atoms with E-state index in [4.69, 9.17) is 17.2 Å². The molecule has 25 nitrogen and oxygen atoms in total. The lowest BCUT2D eigenvalue weighted by atomic mass is 9.94. The van der Waals surface area contributed by atoms with E-state index in [0.29, 0.717) is 25.7 Å². The third-order valence-corrected chi connectivity index (χ3v) is 10.2. The molecule has 0 rings (SSSR count). The number of aliphatic hydroxyl groups is 1. The maximum Gasteiger partial charge on any atom is 0.326 e. The van der Waals surface area contributed by atoms with Crippen LogP contribution in [0.4, 0.5) is 0 Å². The topological polar surface area (TPSA) is 415 Å². The third kappa shape index (κ3) is 23.0. The first-order valence-electron chi connectivity index (χ1n) is 21.6. The van der Waals surface area contributed by atoms with Crippen LogP contribution in [0, 0.1) is 17.8 Å². The van der Waals surface area contributed by atoms with Crippen molar-refractivity contribution in [3.05, 3.63) is 0 Å². The number of primary amides is 1. The van der Waals surface area contributed by atoms with Gasteiger partial charge in [-0.25, -0.2) is 4.79 Å². The number of hydrogen-bond donors (Lipinski definition) is 14. The summed E-state index contributed by atoms with van der Waals surface area (Å²) in [5.74, 6) is -10.7. The number of carbonyl (C=O) groups is 11. The van der Waals surface area contributed by atoms with E-state index >= 15 is 0 Å². The van der Waals surface area contributed by atoms with Gasteiger partial charge in [0.1, 0.15) is 42.3 Å². The smallest absolute Gasteiger partial charge is 0.326 e. The number of aliphatic hydroxyl groups excluding tert-OH is 1. The molecule has 17 N–H and O–H groups in total. The van der Waals surface area contributed by atoms with Gasteiger partial charge in [0.2, 0.25) is 59.1 Å². The molecule has 9 atom stereocenters. The molecule has 0 bridgehead atoms. The number of carboxylic acids is 1. The fraction of sp³-hybridized carbons (Fsp3) is 0.725. The van der Waals surface area contributed by atoms with Crippen LogP contribution in [0.5, 0.6) is 0 Å². The molecule has 0 saturated carbocycles. The summed E-state index contributed by atoms with van der Waals surface area (Å²) >= 11 is 0. The molecule has 0 aliphatic carbocycles. The number of rotatable bonds is 32. The van der Waals surface area contributed by atoms with Crippen LogP contribution in [-0.2, 0) is 52.7 Å². The highest BCUT2D eigenvalue weighted by molar-refractivity contribution is 5.98. The van der Waals surface area contributed by atoms with Crippen molar-refractivity contribution < 1.29 is 63.0 Å². The second kappa shape index (κ2) is 31.0. The lowest BCUT2D eigenvalue weighted by Crippen LogP contribution is -2.60. The van der Waals surface area contributed by atoms with Crippen LogP contribution < -0.4 is 65.1 Å². The van der Waals surface area contributed by atoms with Gasteiger partial charge in [-0.05, 0) is 56.9 Å². The summed E-state index contributed by atoms with van der Waals surface area (Å²) in [4.78, 5) is 140. The van der Waals surface area contributed by atoms with E-state index in [0.717, 1.165) is 0 Å². The molecule has 0 radical (unpaired) electrons. The van der Waals surface area contributed by atoms with Crippen LogP contribution in [0.25, 0.3) is 0 Å². The van der Waals surface area contributed by atoms with Crippen LogP contribution >= 0.6 is 0 Å². The van der Waals surface area contributed by atoms with Gasteiger partial charge in [0.25, 0.3) is 0 Å². The molecule has 0 aromatic carbocycles. The van der Waals surface area contributed by atoms with Gasteiger partial charge in [0.15, 0.2) is 0 Å². The van der Waals surface area contributed by atoms with E-state index in [2.05, 4.69) is 47.9 Å². The Hall–Kier alpha value is -5.95. The fourth-order valence-electron chi connectivity index (χ4n) is 5.95. The molecular formula is C40H72N12O13. The highest BCUT2D eigenvalue weighted by atomic mass is 16.4. The van der Waals surface area contributed by atoms with E-state index in [9.17, 15) is 63.0 Å². The van der Waals surface area contributed by atoms with Gasteiger partial charge in [0, 0.05) is 0 Å². The summed E-state index contributed by atoms with van der Waals surface area (Å²) in [5.41, 5.74) is 16.1. The molecule has 25 heteroatoms. The molecule has 65 heavy (non-hydrogen) atoms. The van der Waals surface area contributed by atoms with E-state index in [-0.39, 0.29) is 25.3 Å². The van der Waals surface area contributed by atoms with E-state index in [1.165, 1.54) is 6.92 Å². The molecule has 0 heterocycles. The number of nitrogens with two attached hydrogens (primary N) is 3. The zero-order chi connectivity index (χ0) is 50.0. The molecule has 0 fully saturated rings. The fourth-order valence-corrected chi connectivity index (χ4v) is 5.95. The van der Waals surface area contributed by atoms with Gasteiger partial charge < -0.3 is 75.3 Å². The van der Waals surface area contributed by atoms with Crippen molar-refractivity contribution in [3.8, 4) is 0 Å². The van der Waals surface area contributed by atoms with E-state index in [1.54, 1.807) is 41.5 Å². The van der Waals surface area contributed by atoms with Crippen molar-refractivity contribution in [2.24, 2.45) is 35.0 Å². The zero-order valence-electron chi connectivity index (χ0n) is 38.4. The Balaban J connectivity index is 5.79. The average Bonchev–Trinajstić information content (AvgIpc) is 3.25. The number of carboxylic acid groups (broad SMARTS) is 1. The Bertz CT molecular complexity index is 1650. The van der Waals surface area contributed by atoms with Gasteiger partial charge in [-0.3, -0.25) is 47.9 Å². The minimum Gasteiger partial charge on any atom is -0.480 e. The SMILES string of the molecule is CC[C@H](C)[C@H](NC(=O)[C@H](C)NC(=O)CNC(=O)[C@H](CCCCN)NC(=O)[C@H](CC(N)=O)NC(=O)[C@H](CO)NC(=O)CN)C(=O)N[C@H](C(=O)NCC(=O)N[C@@H](CC(C)C)C(=O)O)[C@@H](C)CC. The Morgan fingerprint density at radius 2 is 1.03 bits per heavy atom. The molecule has 0 aromatic rings. The van der Waals surface area contributed by atoms with Crippen LogP contribution in [-0.4, -0.2) is 150 Å². The summed E-state index contributed by atoms with van der Waals surface area (Å²) in [7, 11) is 0. The third-order valence-electron chi connectivity index (χ3n) is 10.2. The lowest BCUT2D eigenvalue weighted by Gasteiger charge is -2.29. The van der Waals surface area contributed by atoms with Gasteiger partial charge in [-0.2, -0.15) is 0 Å². The van der Waals surface area contributed by atoms with Crippen molar-refractivity contribution in [1.82, 2.24) is 47.9 Å². The van der Waals surface area contributed by atoms with Crippen LogP contribution in [0.3, 0.4) is 0 Å². The van der Waals surface area contributed by atoms with Gasteiger partial charge in [0.05, 0.1) is 32.7 Å². The predicted molar refractivity (Wildman–Crippen MR) is 234 cm³/mol. The number of carbonyl (C=O) groups excluding carboxylic acids is 10. The Labute approximate surface area is 378 Å². The molecule has 10 amide bonds. The van der Waals surface area contributed by atoms with Gasteiger partial charge in [-0.15, -0.1) is 0 Å². The lowest BCUT2D eigenvalue weighted by molar-refractivity contribution is -0.142. The quantitative estimate of drug-likeness (QED) is 0.0281. The maximum atomic E-state index is 13.7. The normalized spacial score (nSPS) is 15.1. The summed E-state index contributed by atoms with van der Waals surface area (Å²) < 4.78 is 0. The van der Waals surface area contributed by atoms with Crippen LogP contribution in [0.1, 0.15) is 93.4 Å². The molecule has 370 valence electrons. The van der Waals surface area contributed by atoms with Crippen LogP contribution in [0.2, 0.25) is 0 Å². The number of hydrogen-bond acceptors (Lipinski definition) is 14. The first kappa shape index (κ1) is 59.0. The zero-order valence-corrected chi connectivity index (χ0v) is 38.4. The minimum absolute atomic E-state index is 0.00212.